The van der Waals surface area contributed by atoms with Gasteiger partial charge in [0.2, 0.25) is 0 Å². The number of carbonyl (C=O) groups excluding carboxylic acids is 1. The smallest absolute Gasteiger partial charge is 0.423 e. The SMILES string of the molecule is CC(=O)Nc1ccccc1[As](=O)(O)OO.CC(C)(O)C(C)(C)O.OB(O)c1cccc(Cl)c1. The first-order chi connectivity index (χ1) is 14.9. The van der Waals surface area contributed by atoms with Crippen LogP contribution < -0.4 is 15.1 Å². The molecule has 2 rings (SSSR count). The van der Waals surface area contributed by atoms with E-state index in [1.54, 1.807) is 52.0 Å². The van der Waals surface area contributed by atoms with Crippen molar-refractivity contribution in [3.05, 3.63) is 53.6 Å². The summed E-state index contributed by atoms with van der Waals surface area (Å²) < 4.78 is 24.1. The summed E-state index contributed by atoms with van der Waals surface area (Å²) in [5.74, 6) is -0.379. The van der Waals surface area contributed by atoms with E-state index in [2.05, 4.69) is 9.19 Å². The summed E-state index contributed by atoms with van der Waals surface area (Å²) in [6, 6.07) is 12.3. The zero-order valence-electron chi connectivity index (χ0n) is 18.9. The minimum absolute atomic E-state index is 0.103. The molecule has 0 aliphatic carbocycles. The molecule has 13 heteroatoms. The van der Waals surface area contributed by atoms with Gasteiger partial charge in [0.25, 0.3) is 0 Å². The molecule has 0 saturated carbocycles. The molecule has 0 aliphatic heterocycles. The van der Waals surface area contributed by atoms with Gasteiger partial charge in [0.15, 0.2) is 0 Å². The Kier molecular flexibility index (Phi) is 12.6. The van der Waals surface area contributed by atoms with Crippen LogP contribution in [0.2, 0.25) is 5.02 Å². The van der Waals surface area contributed by atoms with Crippen LogP contribution in [0.4, 0.5) is 5.69 Å². The molecule has 0 bridgehead atoms. The molecule has 7 N–H and O–H groups in total. The van der Waals surface area contributed by atoms with Gasteiger partial charge in [-0.2, -0.15) is 0 Å². The van der Waals surface area contributed by atoms with Crippen LogP contribution in [-0.4, -0.2) is 68.0 Å². The molecule has 1 unspecified atom stereocenters. The van der Waals surface area contributed by atoms with E-state index in [1.807, 2.05) is 0 Å². The monoisotopic (exact) mass is 549 g/mol. The predicted octanol–water partition coefficient (Wildman–Crippen LogP) is 0.251. The van der Waals surface area contributed by atoms with Crippen molar-refractivity contribution < 1.29 is 42.0 Å². The van der Waals surface area contributed by atoms with Crippen molar-refractivity contribution in [3.8, 4) is 0 Å². The number of anilines is 1. The third-order valence-corrected chi connectivity index (χ3v) is 7.07. The predicted molar refractivity (Wildman–Crippen MR) is 127 cm³/mol. The summed E-state index contributed by atoms with van der Waals surface area (Å²) in [4.78, 5) is 10.8. The molecule has 2 aromatic carbocycles. The fourth-order valence-corrected chi connectivity index (χ4v) is 3.60. The Morgan fingerprint density at radius 3 is 1.91 bits per heavy atom. The van der Waals surface area contributed by atoms with Crippen LogP contribution in [0.1, 0.15) is 34.6 Å². The normalized spacial score (nSPS) is 12.8. The van der Waals surface area contributed by atoms with Crippen LogP contribution in [0.25, 0.3) is 0 Å². The van der Waals surface area contributed by atoms with Crippen LogP contribution in [0.3, 0.4) is 0 Å². The standard InChI is InChI=1S/C8H10AsNO5.C6H6BClO2.C6H14O2/c1-6(11)10-8-5-3-2-4-7(8)9(12,13)15-14;8-6-3-1-2-5(4-6)7(9)10;1-5(2,7)6(3,4)8/h2-5,14H,1H3,(H,10,11)(H,12,13);1-4,9-10H;7-8H,1-4H3. The number of nitrogens with one attached hydrogen (secondary N) is 1. The number of carbonyl (C=O) groups is 1. The topological polar surface area (TPSA) is 177 Å². The zero-order valence-corrected chi connectivity index (χ0v) is 21.6. The number of para-hydroxylation sites is 1. The molecule has 0 heterocycles. The number of rotatable bonds is 5. The molecule has 0 spiro atoms. The number of halogens is 1. The van der Waals surface area contributed by atoms with Gasteiger partial charge in [-0.3, -0.25) is 0 Å². The van der Waals surface area contributed by atoms with E-state index >= 15 is 0 Å². The zero-order chi connectivity index (χ0) is 26.0. The molecule has 0 radical (unpaired) electrons. The number of aliphatic hydroxyl groups is 2. The Hall–Kier alpha value is -1.66. The molecule has 0 fully saturated rings. The molecule has 33 heavy (non-hydrogen) atoms. The van der Waals surface area contributed by atoms with E-state index in [0.717, 1.165) is 0 Å². The van der Waals surface area contributed by atoms with Crippen LogP contribution in [-0.2, 0) is 12.4 Å². The van der Waals surface area contributed by atoms with E-state index in [4.69, 9.17) is 37.1 Å². The summed E-state index contributed by atoms with van der Waals surface area (Å²) >= 11 is 0.642. The largest absolute Gasteiger partial charge is 0.488 e. The molecule has 0 aliphatic rings. The van der Waals surface area contributed by atoms with Gasteiger partial charge in [-0.05, 0) is 45.3 Å². The first-order valence-electron chi connectivity index (χ1n) is 9.52. The van der Waals surface area contributed by atoms with Crippen molar-refractivity contribution in [3.63, 3.8) is 0 Å². The summed E-state index contributed by atoms with van der Waals surface area (Å²) in [5.41, 5.74) is -1.45. The van der Waals surface area contributed by atoms with Gasteiger partial charge in [0.05, 0.1) is 11.2 Å². The summed E-state index contributed by atoms with van der Waals surface area (Å²) in [7, 11) is -1.43. The van der Waals surface area contributed by atoms with Gasteiger partial charge in [0.1, 0.15) is 0 Å². The summed E-state index contributed by atoms with van der Waals surface area (Å²) in [5, 5.41) is 46.7. The third kappa shape index (κ3) is 11.9. The molecule has 0 saturated heterocycles. The first kappa shape index (κ1) is 31.3. The van der Waals surface area contributed by atoms with Crippen molar-refractivity contribution in [2.45, 2.75) is 45.8 Å². The van der Waals surface area contributed by atoms with Gasteiger partial charge in [-0.1, -0.05) is 23.7 Å². The minimum Gasteiger partial charge on any atom is -0.423 e. The molecule has 184 valence electrons. The minimum atomic E-state index is -4.92. The van der Waals surface area contributed by atoms with Crippen molar-refractivity contribution in [2.24, 2.45) is 0 Å². The molecule has 0 aromatic heterocycles. The van der Waals surface area contributed by atoms with Gasteiger partial charge >= 0.3 is 95.5 Å². The number of benzene rings is 2. The van der Waals surface area contributed by atoms with Crippen molar-refractivity contribution >= 4 is 54.3 Å². The average Bonchev–Trinajstić information content (AvgIpc) is 2.67. The van der Waals surface area contributed by atoms with Crippen LogP contribution in [0.15, 0.2) is 48.5 Å². The summed E-state index contributed by atoms with van der Waals surface area (Å²) in [6.07, 6.45) is 0. The molecule has 1 amide bonds. The van der Waals surface area contributed by atoms with E-state index in [1.165, 1.54) is 31.2 Å². The Balaban J connectivity index is 0.000000495. The number of amides is 1. The van der Waals surface area contributed by atoms with Crippen molar-refractivity contribution in [1.29, 1.82) is 0 Å². The Labute approximate surface area is 200 Å². The average molecular weight is 550 g/mol. The van der Waals surface area contributed by atoms with Crippen LogP contribution in [0.5, 0.6) is 0 Å². The van der Waals surface area contributed by atoms with Crippen LogP contribution >= 0.6 is 11.6 Å². The van der Waals surface area contributed by atoms with Gasteiger partial charge < -0.3 is 20.3 Å². The molecule has 2 aromatic rings. The Morgan fingerprint density at radius 1 is 1.03 bits per heavy atom. The van der Waals surface area contributed by atoms with Crippen LogP contribution in [0, 0.1) is 0 Å². The second-order valence-corrected chi connectivity index (χ2v) is 11.8. The first-order valence-corrected chi connectivity index (χ1v) is 13.2. The fraction of sp³-hybridized carbons (Fsp3) is 0.350. The van der Waals surface area contributed by atoms with E-state index in [-0.39, 0.29) is 15.9 Å². The van der Waals surface area contributed by atoms with Crippen molar-refractivity contribution in [1.82, 2.24) is 0 Å². The van der Waals surface area contributed by atoms with E-state index in [0.29, 0.717) is 10.5 Å². The maximum absolute atomic E-state index is 11.4. The fourth-order valence-electron chi connectivity index (χ4n) is 1.73. The molecular formula is C20H30AsBClNO9. The maximum atomic E-state index is 11.4. The van der Waals surface area contributed by atoms with Gasteiger partial charge in [0, 0.05) is 5.02 Å². The second-order valence-electron chi connectivity index (χ2n) is 7.85. The number of hydrogen-bond acceptors (Lipinski definition) is 8. The number of hydrogen-bond donors (Lipinski definition) is 7. The Bertz CT molecular complexity index is 934. The maximum Gasteiger partial charge on any atom is 0.488 e. The molecule has 10 nitrogen and oxygen atoms in total. The molecule has 1 atom stereocenters. The van der Waals surface area contributed by atoms with Crippen molar-refractivity contribution in [2.75, 3.05) is 5.32 Å². The van der Waals surface area contributed by atoms with Gasteiger partial charge in [-0.25, -0.2) is 0 Å². The third-order valence-electron chi connectivity index (χ3n) is 4.27. The van der Waals surface area contributed by atoms with E-state index < -0.39 is 32.5 Å². The Morgan fingerprint density at radius 2 is 1.55 bits per heavy atom. The molecular weight excluding hydrogens is 519 g/mol. The summed E-state index contributed by atoms with van der Waals surface area (Å²) in [6.45, 7) is 7.58. The van der Waals surface area contributed by atoms with Gasteiger partial charge in [-0.15, -0.1) is 0 Å². The second kappa shape index (κ2) is 13.3. The van der Waals surface area contributed by atoms with E-state index in [9.17, 15) is 12.6 Å². The quantitative estimate of drug-likeness (QED) is 0.157.